The summed E-state index contributed by atoms with van der Waals surface area (Å²) in [5, 5.41) is 0. The fourth-order valence-electron chi connectivity index (χ4n) is 2.07. The van der Waals surface area contributed by atoms with Crippen LogP contribution in [-0.2, 0) is 11.3 Å². The highest BCUT2D eigenvalue weighted by molar-refractivity contribution is 9.10. The van der Waals surface area contributed by atoms with Gasteiger partial charge in [0.2, 0.25) is 0 Å². The summed E-state index contributed by atoms with van der Waals surface area (Å²) in [7, 11) is 5.79. The standard InChI is InChI=1S/C18H21BrN2O2/c1-20(2)15-10-8-14(9-11-15)12-21(3)18(22)13-23-17-7-5-4-6-16(17)19/h4-11H,12-13H2,1-3H3. The summed E-state index contributed by atoms with van der Waals surface area (Å²) >= 11 is 3.40. The molecule has 0 bridgehead atoms. The Bertz CT molecular complexity index is 656. The van der Waals surface area contributed by atoms with Crippen LogP contribution in [0, 0.1) is 0 Å². The molecule has 0 aliphatic heterocycles. The molecule has 4 nitrogen and oxygen atoms in total. The van der Waals surface area contributed by atoms with Crippen molar-refractivity contribution >= 4 is 27.5 Å². The Balaban J connectivity index is 1.88. The molecule has 0 saturated heterocycles. The van der Waals surface area contributed by atoms with Crippen molar-refractivity contribution < 1.29 is 9.53 Å². The molecule has 0 aliphatic rings. The fourth-order valence-corrected chi connectivity index (χ4v) is 2.47. The number of para-hydroxylation sites is 1. The second kappa shape index (κ2) is 8.02. The lowest BCUT2D eigenvalue weighted by atomic mass is 10.2. The third-order valence-corrected chi connectivity index (χ3v) is 4.14. The van der Waals surface area contributed by atoms with Crippen LogP contribution in [-0.4, -0.2) is 38.6 Å². The molecule has 2 aromatic rings. The predicted octanol–water partition coefficient (Wildman–Crippen LogP) is 3.55. The van der Waals surface area contributed by atoms with Crippen molar-refractivity contribution in [3.8, 4) is 5.75 Å². The van der Waals surface area contributed by atoms with Gasteiger partial charge in [-0.3, -0.25) is 4.79 Å². The highest BCUT2D eigenvalue weighted by Crippen LogP contribution is 2.23. The maximum absolute atomic E-state index is 12.2. The zero-order valence-corrected chi connectivity index (χ0v) is 15.2. The Morgan fingerprint density at radius 3 is 2.30 bits per heavy atom. The van der Waals surface area contributed by atoms with Crippen molar-refractivity contribution in [1.82, 2.24) is 4.90 Å². The third kappa shape index (κ3) is 4.99. The summed E-state index contributed by atoms with van der Waals surface area (Å²) in [5.74, 6) is 0.613. The highest BCUT2D eigenvalue weighted by atomic mass is 79.9. The van der Waals surface area contributed by atoms with Gasteiger partial charge in [-0.05, 0) is 45.8 Å². The molecule has 23 heavy (non-hydrogen) atoms. The van der Waals surface area contributed by atoms with Crippen molar-refractivity contribution in [1.29, 1.82) is 0 Å². The lowest BCUT2D eigenvalue weighted by molar-refractivity contribution is -0.132. The first-order valence-electron chi connectivity index (χ1n) is 7.35. The minimum atomic E-state index is -0.0579. The number of likely N-dealkylation sites (N-methyl/N-ethyl adjacent to an activating group) is 1. The predicted molar refractivity (Wildman–Crippen MR) is 96.9 cm³/mol. The second-order valence-electron chi connectivity index (χ2n) is 5.53. The van der Waals surface area contributed by atoms with Crippen LogP contribution >= 0.6 is 15.9 Å². The number of amides is 1. The number of carbonyl (C=O) groups excluding carboxylic acids is 1. The van der Waals surface area contributed by atoms with E-state index < -0.39 is 0 Å². The van der Waals surface area contributed by atoms with Crippen molar-refractivity contribution in [3.63, 3.8) is 0 Å². The summed E-state index contributed by atoms with van der Waals surface area (Å²) in [6.07, 6.45) is 0. The summed E-state index contributed by atoms with van der Waals surface area (Å²) < 4.78 is 6.41. The van der Waals surface area contributed by atoms with Gasteiger partial charge in [0.1, 0.15) is 5.75 Å². The van der Waals surface area contributed by atoms with Crippen LogP contribution in [0.1, 0.15) is 5.56 Å². The van der Waals surface area contributed by atoms with E-state index >= 15 is 0 Å². The Morgan fingerprint density at radius 1 is 1.04 bits per heavy atom. The molecule has 0 radical (unpaired) electrons. The molecule has 0 fully saturated rings. The fraction of sp³-hybridized carbons (Fsp3) is 0.278. The molecule has 5 heteroatoms. The van der Waals surface area contributed by atoms with Gasteiger partial charge in [0.05, 0.1) is 4.47 Å². The minimum Gasteiger partial charge on any atom is -0.483 e. The van der Waals surface area contributed by atoms with E-state index in [4.69, 9.17) is 4.74 Å². The molecule has 0 aliphatic carbocycles. The smallest absolute Gasteiger partial charge is 0.260 e. The Kier molecular flexibility index (Phi) is 6.04. The topological polar surface area (TPSA) is 32.8 Å². The number of halogens is 1. The molecule has 0 heterocycles. The van der Waals surface area contributed by atoms with Crippen LogP contribution < -0.4 is 9.64 Å². The maximum Gasteiger partial charge on any atom is 0.260 e. The highest BCUT2D eigenvalue weighted by Gasteiger charge is 2.11. The van der Waals surface area contributed by atoms with E-state index in [1.165, 1.54) is 0 Å². The Labute approximate surface area is 145 Å². The molecule has 0 saturated carbocycles. The summed E-state index contributed by atoms with van der Waals surface area (Å²) in [4.78, 5) is 15.9. The van der Waals surface area contributed by atoms with Crippen molar-refractivity contribution in [3.05, 3.63) is 58.6 Å². The van der Waals surface area contributed by atoms with E-state index in [-0.39, 0.29) is 12.5 Å². The van der Waals surface area contributed by atoms with Gasteiger partial charge in [0, 0.05) is 33.4 Å². The summed E-state index contributed by atoms with van der Waals surface area (Å²) in [6.45, 7) is 0.584. The number of hydrogen-bond acceptors (Lipinski definition) is 3. The normalized spacial score (nSPS) is 10.3. The van der Waals surface area contributed by atoms with E-state index in [1.54, 1.807) is 11.9 Å². The van der Waals surface area contributed by atoms with Gasteiger partial charge in [-0.2, -0.15) is 0 Å². The number of ether oxygens (including phenoxy) is 1. The number of anilines is 1. The first kappa shape index (κ1) is 17.3. The first-order valence-corrected chi connectivity index (χ1v) is 8.14. The average Bonchev–Trinajstić information content (AvgIpc) is 2.54. The molecule has 122 valence electrons. The monoisotopic (exact) mass is 376 g/mol. The molecular formula is C18H21BrN2O2. The number of nitrogens with zero attached hydrogens (tertiary/aromatic N) is 2. The summed E-state index contributed by atoms with van der Waals surface area (Å²) in [5.41, 5.74) is 2.23. The van der Waals surface area contributed by atoms with Crippen molar-refractivity contribution in [2.75, 3.05) is 32.6 Å². The number of rotatable bonds is 6. The van der Waals surface area contributed by atoms with Crippen LogP contribution in [0.3, 0.4) is 0 Å². The second-order valence-corrected chi connectivity index (χ2v) is 6.38. The van der Waals surface area contributed by atoms with Crippen LogP contribution in [0.25, 0.3) is 0 Å². The maximum atomic E-state index is 12.2. The van der Waals surface area contributed by atoms with E-state index in [0.717, 1.165) is 15.7 Å². The number of carbonyl (C=O) groups is 1. The van der Waals surface area contributed by atoms with Crippen LogP contribution in [0.2, 0.25) is 0 Å². The van der Waals surface area contributed by atoms with Gasteiger partial charge in [0.15, 0.2) is 6.61 Å². The molecule has 0 aromatic heterocycles. The van der Waals surface area contributed by atoms with Crippen LogP contribution in [0.4, 0.5) is 5.69 Å². The lowest BCUT2D eigenvalue weighted by Crippen LogP contribution is -2.31. The van der Waals surface area contributed by atoms with Gasteiger partial charge in [0.25, 0.3) is 5.91 Å². The molecule has 2 aromatic carbocycles. The van der Waals surface area contributed by atoms with Crippen LogP contribution in [0.15, 0.2) is 53.0 Å². The minimum absolute atomic E-state index is 0.0227. The zero-order chi connectivity index (χ0) is 16.8. The quantitative estimate of drug-likeness (QED) is 0.772. The van der Waals surface area contributed by atoms with Gasteiger partial charge in [-0.15, -0.1) is 0 Å². The average molecular weight is 377 g/mol. The molecular weight excluding hydrogens is 356 g/mol. The van der Waals surface area contributed by atoms with E-state index in [2.05, 4.69) is 15.9 Å². The van der Waals surface area contributed by atoms with E-state index in [1.807, 2.05) is 67.5 Å². The molecule has 0 unspecified atom stereocenters. The van der Waals surface area contributed by atoms with E-state index in [9.17, 15) is 4.79 Å². The van der Waals surface area contributed by atoms with Gasteiger partial charge >= 0.3 is 0 Å². The molecule has 1 amide bonds. The van der Waals surface area contributed by atoms with E-state index in [0.29, 0.717) is 12.3 Å². The SMILES string of the molecule is CN(Cc1ccc(N(C)C)cc1)C(=O)COc1ccccc1Br. The third-order valence-electron chi connectivity index (χ3n) is 3.49. The van der Waals surface area contributed by atoms with Crippen molar-refractivity contribution in [2.24, 2.45) is 0 Å². The molecule has 0 atom stereocenters. The lowest BCUT2D eigenvalue weighted by Gasteiger charge is -2.19. The Hall–Kier alpha value is -2.01. The number of benzene rings is 2. The molecule has 0 spiro atoms. The molecule has 0 N–H and O–H groups in total. The summed E-state index contributed by atoms with van der Waals surface area (Å²) in [6, 6.07) is 15.7. The first-order chi connectivity index (χ1) is 11.0. The van der Waals surface area contributed by atoms with Crippen molar-refractivity contribution in [2.45, 2.75) is 6.54 Å². The van der Waals surface area contributed by atoms with Gasteiger partial charge in [-0.1, -0.05) is 24.3 Å². The zero-order valence-electron chi connectivity index (χ0n) is 13.6. The number of hydrogen-bond donors (Lipinski definition) is 0. The van der Waals surface area contributed by atoms with Crippen LogP contribution in [0.5, 0.6) is 5.75 Å². The van der Waals surface area contributed by atoms with Gasteiger partial charge < -0.3 is 14.5 Å². The Morgan fingerprint density at radius 2 is 1.70 bits per heavy atom. The molecule has 2 rings (SSSR count). The van der Waals surface area contributed by atoms with Gasteiger partial charge in [-0.25, -0.2) is 0 Å². The largest absolute Gasteiger partial charge is 0.483 e.